The normalized spacial score (nSPS) is 12.4. The van der Waals surface area contributed by atoms with Gasteiger partial charge in [-0.15, -0.1) is 0 Å². The fraction of sp³-hybridized carbons (Fsp3) is 0.300. The van der Waals surface area contributed by atoms with E-state index in [0.717, 1.165) is 5.56 Å². The van der Waals surface area contributed by atoms with Gasteiger partial charge < -0.3 is 10.1 Å². The second-order valence-electron chi connectivity index (χ2n) is 6.59. The van der Waals surface area contributed by atoms with Crippen molar-refractivity contribution in [1.82, 2.24) is 4.72 Å². The van der Waals surface area contributed by atoms with Crippen molar-refractivity contribution < 1.29 is 22.7 Å². The number of anilines is 1. The van der Waals surface area contributed by atoms with E-state index in [4.69, 9.17) is 4.74 Å². The number of rotatable bonds is 8. The smallest absolute Gasteiger partial charge is 0.324 e. The molecule has 0 aliphatic rings. The lowest BCUT2D eigenvalue weighted by atomic mass is 10.0. The molecule has 28 heavy (non-hydrogen) atoms. The predicted molar refractivity (Wildman–Crippen MR) is 106 cm³/mol. The number of benzene rings is 2. The van der Waals surface area contributed by atoms with Gasteiger partial charge in [-0.25, -0.2) is 8.42 Å². The van der Waals surface area contributed by atoms with Gasteiger partial charge in [0.1, 0.15) is 6.04 Å². The molecule has 0 aromatic heterocycles. The molecule has 1 unspecified atom stereocenters. The molecule has 1 atom stereocenters. The molecule has 150 valence electrons. The van der Waals surface area contributed by atoms with Crippen LogP contribution in [0.2, 0.25) is 0 Å². The van der Waals surface area contributed by atoms with E-state index >= 15 is 0 Å². The van der Waals surface area contributed by atoms with Crippen molar-refractivity contribution in [3.05, 3.63) is 60.2 Å². The van der Waals surface area contributed by atoms with Gasteiger partial charge in [-0.05, 0) is 42.7 Å². The molecule has 0 fully saturated rings. The molecule has 2 aromatic carbocycles. The summed E-state index contributed by atoms with van der Waals surface area (Å²) in [5.74, 6) is -0.972. The van der Waals surface area contributed by atoms with Crippen molar-refractivity contribution in [2.45, 2.75) is 37.6 Å². The van der Waals surface area contributed by atoms with E-state index in [-0.39, 0.29) is 4.90 Å². The number of hydrogen-bond donors (Lipinski definition) is 2. The third-order valence-corrected chi connectivity index (χ3v) is 5.50. The van der Waals surface area contributed by atoms with Gasteiger partial charge >= 0.3 is 5.97 Å². The summed E-state index contributed by atoms with van der Waals surface area (Å²) in [6, 6.07) is 13.9. The molecule has 2 aromatic rings. The highest BCUT2D eigenvalue weighted by atomic mass is 32.2. The third kappa shape index (κ3) is 6.17. The predicted octanol–water partition coefficient (Wildman–Crippen LogP) is 2.66. The van der Waals surface area contributed by atoms with Crippen molar-refractivity contribution in [3.8, 4) is 0 Å². The molecule has 0 spiro atoms. The van der Waals surface area contributed by atoms with E-state index in [1.807, 2.05) is 12.1 Å². The Morgan fingerprint density at radius 3 is 2.14 bits per heavy atom. The minimum atomic E-state index is -3.85. The molecule has 2 N–H and O–H groups in total. The molecule has 0 bridgehead atoms. The molecule has 0 saturated carbocycles. The average molecular weight is 404 g/mol. The molecular formula is C20H24N2O5S. The third-order valence-electron chi connectivity index (χ3n) is 3.95. The maximum absolute atomic E-state index is 12.2. The Hall–Kier alpha value is -2.71. The summed E-state index contributed by atoms with van der Waals surface area (Å²) in [5.41, 5.74) is 1.73. The summed E-state index contributed by atoms with van der Waals surface area (Å²) in [6.07, 6.45) is 0. The summed E-state index contributed by atoms with van der Waals surface area (Å²) in [7, 11) is -3.85. The first kappa shape index (κ1) is 21.6. The van der Waals surface area contributed by atoms with Gasteiger partial charge in [-0.2, -0.15) is 4.72 Å². The number of carbonyl (C=O) groups is 2. The number of hydrogen-bond acceptors (Lipinski definition) is 5. The van der Waals surface area contributed by atoms with E-state index in [2.05, 4.69) is 23.9 Å². The Morgan fingerprint density at radius 1 is 0.964 bits per heavy atom. The molecule has 7 nitrogen and oxygen atoms in total. The van der Waals surface area contributed by atoms with E-state index in [0.29, 0.717) is 11.6 Å². The lowest BCUT2D eigenvalue weighted by Crippen LogP contribution is -2.40. The summed E-state index contributed by atoms with van der Waals surface area (Å²) in [6.45, 7) is 4.98. The highest BCUT2D eigenvalue weighted by Gasteiger charge is 2.23. The van der Waals surface area contributed by atoms with Crippen LogP contribution in [-0.2, 0) is 24.3 Å². The summed E-state index contributed by atoms with van der Waals surface area (Å²) in [5, 5.41) is 2.62. The summed E-state index contributed by atoms with van der Waals surface area (Å²) in [4.78, 5) is 24.0. The Labute approximate surface area is 165 Å². The first-order valence-electron chi connectivity index (χ1n) is 8.83. The van der Waals surface area contributed by atoms with Gasteiger partial charge in [-0.1, -0.05) is 44.2 Å². The molecule has 0 radical (unpaired) electrons. The molecule has 0 saturated heterocycles. The highest BCUT2D eigenvalue weighted by Crippen LogP contribution is 2.17. The number of amides is 1. The van der Waals surface area contributed by atoms with Crippen molar-refractivity contribution in [2.75, 3.05) is 11.9 Å². The van der Waals surface area contributed by atoms with Crippen LogP contribution < -0.4 is 10.0 Å². The van der Waals surface area contributed by atoms with E-state index in [1.165, 1.54) is 19.1 Å². The van der Waals surface area contributed by atoms with Gasteiger partial charge in [-0.3, -0.25) is 9.59 Å². The molecule has 1 amide bonds. The van der Waals surface area contributed by atoms with Gasteiger partial charge in [0.2, 0.25) is 10.0 Å². The Balaban J connectivity index is 1.84. The minimum Gasteiger partial charge on any atom is -0.454 e. The van der Waals surface area contributed by atoms with Crippen molar-refractivity contribution >= 4 is 27.6 Å². The maximum atomic E-state index is 12.2. The maximum Gasteiger partial charge on any atom is 0.324 e. The molecule has 0 heterocycles. The Kier molecular flexibility index (Phi) is 7.31. The number of ether oxygens (including phenoxy) is 1. The molecule has 2 rings (SSSR count). The first-order chi connectivity index (χ1) is 13.2. The highest BCUT2D eigenvalue weighted by molar-refractivity contribution is 7.89. The van der Waals surface area contributed by atoms with E-state index in [1.54, 1.807) is 30.3 Å². The van der Waals surface area contributed by atoms with Crippen LogP contribution >= 0.6 is 0 Å². The van der Waals surface area contributed by atoms with Crippen LogP contribution in [0.25, 0.3) is 0 Å². The van der Waals surface area contributed by atoms with Crippen LogP contribution in [-0.4, -0.2) is 32.9 Å². The lowest BCUT2D eigenvalue weighted by Gasteiger charge is -2.14. The van der Waals surface area contributed by atoms with Gasteiger partial charge in [0, 0.05) is 5.69 Å². The largest absolute Gasteiger partial charge is 0.454 e. The fourth-order valence-electron chi connectivity index (χ4n) is 2.36. The number of esters is 1. The van der Waals surface area contributed by atoms with Crippen molar-refractivity contribution in [1.29, 1.82) is 0 Å². The standard InChI is InChI=1S/C20H24N2O5S/c1-14(2)16-9-11-17(12-10-16)21-19(23)13-27-20(24)15(3)22-28(25,26)18-7-5-4-6-8-18/h4-12,14-15,22H,13H2,1-3H3,(H,21,23). The average Bonchev–Trinajstić information content (AvgIpc) is 2.67. The summed E-state index contributed by atoms with van der Waals surface area (Å²) < 4.78 is 31.5. The number of carbonyl (C=O) groups excluding carboxylic acids is 2. The topological polar surface area (TPSA) is 102 Å². The van der Waals surface area contributed by atoms with Gasteiger partial charge in [0.05, 0.1) is 4.90 Å². The zero-order chi connectivity index (χ0) is 20.7. The van der Waals surface area contributed by atoms with Crippen LogP contribution in [0, 0.1) is 0 Å². The van der Waals surface area contributed by atoms with E-state index < -0.39 is 34.5 Å². The van der Waals surface area contributed by atoms with Crippen LogP contribution in [0.4, 0.5) is 5.69 Å². The zero-order valence-corrected chi connectivity index (χ0v) is 16.8. The lowest BCUT2D eigenvalue weighted by molar-refractivity contribution is -0.148. The number of sulfonamides is 1. The SMILES string of the molecule is CC(NS(=O)(=O)c1ccccc1)C(=O)OCC(=O)Nc1ccc(C(C)C)cc1. The Bertz CT molecular complexity index is 909. The second-order valence-corrected chi connectivity index (χ2v) is 8.30. The molecule has 8 heteroatoms. The fourth-order valence-corrected chi connectivity index (χ4v) is 3.57. The molecule has 0 aliphatic carbocycles. The van der Waals surface area contributed by atoms with Crippen LogP contribution in [0.3, 0.4) is 0 Å². The zero-order valence-electron chi connectivity index (χ0n) is 16.0. The van der Waals surface area contributed by atoms with Crippen molar-refractivity contribution in [3.63, 3.8) is 0 Å². The summed E-state index contributed by atoms with van der Waals surface area (Å²) >= 11 is 0. The van der Waals surface area contributed by atoms with Crippen LogP contribution in [0.5, 0.6) is 0 Å². The minimum absolute atomic E-state index is 0.0391. The van der Waals surface area contributed by atoms with Gasteiger partial charge in [0.25, 0.3) is 5.91 Å². The van der Waals surface area contributed by atoms with Crippen LogP contribution in [0.1, 0.15) is 32.3 Å². The first-order valence-corrected chi connectivity index (χ1v) is 10.3. The number of nitrogens with one attached hydrogen (secondary N) is 2. The Morgan fingerprint density at radius 2 is 1.57 bits per heavy atom. The monoisotopic (exact) mass is 404 g/mol. The quantitative estimate of drug-likeness (QED) is 0.659. The van der Waals surface area contributed by atoms with Gasteiger partial charge in [0.15, 0.2) is 6.61 Å². The molecular weight excluding hydrogens is 380 g/mol. The van der Waals surface area contributed by atoms with Crippen LogP contribution in [0.15, 0.2) is 59.5 Å². The van der Waals surface area contributed by atoms with Crippen molar-refractivity contribution in [2.24, 2.45) is 0 Å². The second kappa shape index (κ2) is 9.48. The molecule has 0 aliphatic heterocycles. The van der Waals surface area contributed by atoms with E-state index in [9.17, 15) is 18.0 Å².